The van der Waals surface area contributed by atoms with Gasteiger partial charge in [-0.2, -0.15) is 13.2 Å². The first kappa shape index (κ1) is 15.2. The number of halogens is 3. The van der Waals surface area contributed by atoms with Crippen LogP contribution >= 0.6 is 0 Å². The summed E-state index contributed by atoms with van der Waals surface area (Å²) in [6.45, 7) is 6.03. The van der Waals surface area contributed by atoms with Gasteiger partial charge in [-0.3, -0.25) is 0 Å². The second-order valence-electron chi connectivity index (χ2n) is 6.23. The van der Waals surface area contributed by atoms with Crippen molar-refractivity contribution >= 4 is 5.69 Å². The predicted molar refractivity (Wildman–Crippen MR) is 74.6 cm³/mol. The van der Waals surface area contributed by atoms with E-state index in [0.29, 0.717) is 0 Å². The van der Waals surface area contributed by atoms with Crippen LogP contribution in [0.3, 0.4) is 0 Å². The molecule has 1 heterocycles. The van der Waals surface area contributed by atoms with E-state index in [1.165, 1.54) is 0 Å². The number of hydrogen-bond donors (Lipinski definition) is 1. The molecule has 0 unspecified atom stereocenters. The number of alkyl halides is 3. The fourth-order valence-electron chi connectivity index (χ4n) is 2.87. The molecule has 1 fully saturated rings. The third-order valence-electron chi connectivity index (χ3n) is 3.88. The van der Waals surface area contributed by atoms with E-state index in [9.17, 15) is 13.2 Å². The minimum Gasteiger partial charge on any atom is -0.371 e. The molecule has 0 amide bonds. The summed E-state index contributed by atoms with van der Waals surface area (Å²) in [5, 5.41) is 0. The summed E-state index contributed by atoms with van der Waals surface area (Å²) in [5.74, 6) is 0. The van der Waals surface area contributed by atoms with Crippen molar-refractivity contribution in [2.24, 2.45) is 11.1 Å². The van der Waals surface area contributed by atoms with Gasteiger partial charge in [-0.25, -0.2) is 0 Å². The normalized spacial score (nSPS) is 19.2. The van der Waals surface area contributed by atoms with E-state index in [-0.39, 0.29) is 17.5 Å². The Morgan fingerprint density at radius 2 is 2.00 bits per heavy atom. The van der Waals surface area contributed by atoms with Crippen molar-refractivity contribution in [2.75, 3.05) is 18.0 Å². The zero-order chi connectivity index (χ0) is 15.0. The van der Waals surface area contributed by atoms with Gasteiger partial charge in [0.05, 0.1) is 5.56 Å². The predicted octanol–water partition coefficient (Wildman–Crippen LogP) is 3.79. The van der Waals surface area contributed by atoms with Crippen LogP contribution in [0.15, 0.2) is 18.2 Å². The Bertz CT molecular complexity index is 480. The monoisotopic (exact) mass is 286 g/mol. The molecule has 1 aliphatic heterocycles. The van der Waals surface area contributed by atoms with E-state index >= 15 is 0 Å². The Balaban J connectivity index is 2.30. The lowest BCUT2D eigenvalue weighted by Gasteiger charge is -2.39. The van der Waals surface area contributed by atoms with Crippen LogP contribution in [0.1, 0.15) is 37.8 Å². The van der Waals surface area contributed by atoms with Crippen LogP contribution in [-0.4, -0.2) is 13.1 Å². The summed E-state index contributed by atoms with van der Waals surface area (Å²) in [7, 11) is 0. The highest BCUT2D eigenvalue weighted by Gasteiger charge is 2.33. The van der Waals surface area contributed by atoms with E-state index in [1.807, 2.05) is 0 Å². The van der Waals surface area contributed by atoms with Crippen LogP contribution in [0.5, 0.6) is 0 Å². The van der Waals surface area contributed by atoms with Crippen LogP contribution in [-0.2, 0) is 12.7 Å². The molecule has 2 N–H and O–H groups in total. The van der Waals surface area contributed by atoms with Gasteiger partial charge in [0.25, 0.3) is 0 Å². The van der Waals surface area contributed by atoms with Gasteiger partial charge in [0.2, 0.25) is 0 Å². The number of hydrogen-bond acceptors (Lipinski definition) is 2. The van der Waals surface area contributed by atoms with Gasteiger partial charge in [-0.05, 0) is 42.0 Å². The average Bonchev–Trinajstić information content (AvgIpc) is 2.35. The number of nitrogens with two attached hydrogens (primary N) is 1. The molecule has 1 aliphatic rings. The van der Waals surface area contributed by atoms with Crippen LogP contribution in [0.4, 0.5) is 18.9 Å². The molecule has 0 bridgehead atoms. The van der Waals surface area contributed by atoms with Crippen molar-refractivity contribution in [3.63, 3.8) is 0 Å². The average molecular weight is 286 g/mol. The van der Waals surface area contributed by atoms with Gasteiger partial charge in [0, 0.05) is 25.3 Å². The number of piperidine rings is 1. The van der Waals surface area contributed by atoms with Crippen molar-refractivity contribution in [1.82, 2.24) is 0 Å². The molecule has 0 spiro atoms. The molecule has 0 atom stereocenters. The minimum absolute atomic E-state index is 0.0973. The highest BCUT2D eigenvalue weighted by Crippen LogP contribution is 2.36. The van der Waals surface area contributed by atoms with E-state index in [0.717, 1.165) is 37.7 Å². The molecule has 0 aliphatic carbocycles. The topological polar surface area (TPSA) is 29.3 Å². The van der Waals surface area contributed by atoms with Gasteiger partial charge in [-0.1, -0.05) is 13.8 Å². The molecule has 5 heteroatoms. The van der Waals surface area contributed by atoms with Crippen LogP contribution in [0.25, 0.3) is 0 Å². The summed E-state index contributed by atoms with van der Waals surface area (Å²) in [6.07, 6.45) is -2.13. The number of rotatable bonds is 2. The lowest BCUT2D eigenvalue weighted by atomic mass is 9.84. The molecular weight excluding hydrogens is 265 g/mol. The highest BCUT2D eigenvalue weighted by atomic mass is 19.4. The van der Waals surface area contributed by atoms with Crippen molar-refractivity contribution in [2.45, 2.75) is 39.4 Å². The fourth-order valence-corrected chi connectivity index (χ4v) is 2.87. The Kier molecular flexibility index (Phi) is 4.00. The zero-order valence-corrected chi connectivity index (χ0v) is 11.9. The maximum atomic E-state index is 12.9. The first-order valence-corrected chi connectivity index (χ1v) is 6.88. The molecule has 1 aromatic carbocycles. The smallest absolute Gasteiger partial charge is 0.371 e. The van der Waals surface area contributed by atoms with Crippen LogP contribution in [0, 0.1) is 5.41 Å². The largest absolute Gasteiger partial charge is 0.416 e. The Labute approximate surface area is 117 Å². The van der Waals surface area contributed by atoms with Gasteiger partial charge in [-0.15, -0.1) is 0 Å². The van der Waals surface area contributed by atoms with E-state index in [2.05, 4.69) is 18.7 Å². The molecule has 1 saturated heterocycles. The van der Waals surface area contributed by atoms with Crippen molar-refractivity contribution in [1.29, 1.82) is 0 Å². The third-order valence-corrected chi connectivity index (χ3v) is 3.88. The third kappa shape index (κ3) is 3.26. The number of benzene rings is 1. The summed E-state index contributed by atoms with van der Waals surface area (Å²) < 4.78 is 38.6. The molecule has 0 aromatic heterocycles. The maximum Gasteiger partial charge on any atom is 0.416 e. The number of anilines is 1. The number of nitrogens with zero attached hydrogens (tertiary/aromatic N) is 1. The second-order valence-corrected chi connectivity index (χ2v) is 6.23. The van der Waals surface area contributed by atoms with E-state index in [1.54, 1.807) is 12.1 Å². The summed E-state index contributed by atoms with van der Waals surface area (Å²) in [4.78, 5) is 2.16. The quantitative estimate of drug-likeness (QED) is 0.896. The first-order chi connectivity index (χ1) is 9.23. The lowest BCUT2D eigenvalue weighted by Crippen LogP contribution is -2.40. The lowest BCUT2D eigenvalue weighted by molar-refractivity contribution is -0.138. The van der Waals surface area contributed by atoms with Crippen LogP contribution in [0.2, 0.25) is 0 Å². The van der Waals surface area contributed by atoms with Gasteiger partial charge < -0.3 is 10.6 Å². The van der Waals surface area contributed by atoms with Gasteiger partial charge in [0.1, 0.15) is 0 Å². The SMILES string of the molecule is CC1(C)CCCN(c2ccc(C(F)(F)F)c(CN)c2)C1. The molecule has 0 saturated carbocycles. The van der Waals surface area contributed by atoms with Crippen LogP contribution < -0.4 is 10.6 Å². The Morgan fingerprint density at radius 1 is 1.30 bits per heavy atom. The van der Waals surface area contributed by atoms with Gasteiger partial charge in [0.15, 0.2) is 0 Å². The Morgan fingerprint density at radius 3 is 2.55 bits per heavy atom. The molecule has 20 heavy (non-hydrogen) atoms. The second kappa shape index (κ2) is 5.28. The van der Waals surface area contributed by atoms with E-state index < -0.39 is 11.7 Å². The fraction of sp³-hybridized carbons (Fsp3) is 0.600. The summed E-state index contributed by atoms with van der Waals surface area (Å²) >= 11 is 0. The summed E-state index contributed by atoms with van der Waals surface area (Å²) in [5.41, 5.74) is 6.06. The standard InChI is InChI=1S/C15H21F3N2/c1-14(2)6-3-7-20(10-14)12-4-5-13(15(16,17)18)11(8-12)9-19/h4-5,8H,3,6-7,9-10,19H2,1-2H3. The minimum atomic E-state index is -4.34. The zero-order valence-electron chi connectivity index (χ0n) is 11.9. The van der Waals surface area contributed by atoms with Crippen molar-refractivity contribution < 1.29 is 13.2 Å². The first-order valence-electron chi connectivity index (χ1n) is 6.88. The Hall–Kier alpha value is -1.23. The molecule has 112 valence electrons. The summed E-state index contributed by atoms with van der Waals surface area (Å²) in [6, 6.07) is 4.30. The van der Waals surface area contributed by atoms with Crippen molar-refractivity contribution in [3.8, 4) is 0 Å². The molecule has 2 nitrogen and oxygen atoms in total. The molecule has 2 rings (SSSR count). The highest BCUT2D eigenvalue weighted by molar-refractivity contribution is 5.52. The molecule has 1 aromatic rings. The van der Waals surface area contributed by atoms with E-state index in [4.69, 9.17) is 5.73 Å². The molecular formula is C15H21F3N2. The maximum absolute atomic E-state index is 12.9. The van der Waals surface area contributed by atoms with Crippen molar-refractivity contribution in [3.05, 3.63) is 29.3 Å². The molecule has 0 radical (unpaired) electrons. The van der Waals surface area contributed by atoms with Gasteiger partial charge >= 0.3 is 6.18 Å².